The molecule has 31 heavy (non-hydrogen) atoms. The fourth-order valence-electron chi connectivity index (χ4n) is 3.38. The van der Waals surface area contributed by atoms with Crippen LogP contribution >= 0.6 is 38.9 Å². The maximum Gasteiger partial charge on any atom is 0.201 e. The van der Waals surface area contributed by atoms with Gasteiger partial charge < -0.3 is 4.57 Å². The summed E-state index contributed by atoms with van der Waals surface area (Å²) in [6, 6.07) is 12.1. The van der Waals surface area contributed by atoms with Crippen molar-refractivity contribution in [1.29, 1.82) is 0 Å². The van der Waals surface area contributed by atoms with Crippen LogP contribution in [0.2, 0.25) is 5.02 Å². The van der Waals surface area contributed by atoms with Crippen molar-refractivity contribution in [1.82, 2.24) is 30.2 Å². The number of nitrogens with one attached hydrogen (secondary N) is 1. The topological polar surface area (TPSA) is 72.3 Å². The van der Waals surface area contributed by atoms with Crippen molar-refractivity contribution in [3.8, 4) is 0 Å². The van der Waals surface area contributed by atoms with Crippen LogP contribution in [0, 0.1) is 0 Å². The SMILES string of the molecule is CCCCc1nc(Br)c(/C=C(/Cc2cccs2)c2nn[nH]n2)n1Cc1ccccc1Cl. The second kappa shape index (κ2) is 10.3. The van der Waals surface area contributed by atoms with Crippen molar-refractivity contribution in [2.24, 2.45) is 0 Å². The van der Waals surface area contributed by atoms with Crippen LogP contribution in [0.1, 0.15) is 47.5 Å². The molecule has 0 aliphatic carbocycles. The number of benzene rings is 1. The second-order valence-electron chi connectivity index (χ2n) is 7.15. The van der Waals surface area contributed by atoms with Gasteiger partial charge in [0.15, 0.2) is 0 Å². The molecule has 1 aromatic carbocycles. The van der Waals surface area contributed by atoms with E-state index in [9.17, 15) is 0 Å². The average Bonchev–Trinajstić information content (AvgIpc) is 3.52. The van der Waals surface area contributed by atoms with Crippen molar-refractivity contribution in [2.45, 2.75) is 39.2 Å². The third-order valence-corrected chi connectivity index (χ3v) is 6.80. The van der Waals surface area contributed by atoms with E-state index < -0.39 is 0 Å². The van der Waals surface area contributed by atoms with Crippen LogP contribution in [0.25, 0.3) is 11.6 Å². The molecule has 0 radical (unpaired) electrons. The first-order chi connectivity index (χ1) is 15.2. The molecule has 6 nitrogen and oxygen atoms in total. The lowest BCUT2D eigenvalue weighted by Crippen LogP contribution is -2.08. The zero-order valence-electron chi connectivity index (χ0n) is 17.1. The smallest absolute Gasteiger partial charge is 0.201 e. The Balaban J connectivity index is 1.79. The number of H-pyrrole nitrogens is 1. The highest BCUT2D eigenvalue weighted by molar-refractivity contribution is 9.10. The summed E-state index contributed by atoms with van der Waals surface area (Å²) in [5.74, 6) is 1.62. The molecule has 0 saturated heterocycles. The minimum atomic E-state index is 0.584. The zero-order chi connectivity index (χ0) is 21.6. The fraction of sp³-hybridized carbons (Fsp3) is 0.273. The van der Waals surface area contributed by atoms with Gasteiger partial charge in [-0.3, -0.25) is 0 Å². The molecule has 0 fully saturated rings. The number of aryl methyl sites for hydroxylation is 1. The van der Waals surface area contributed by atoms with Crippen LogP contribution in [0.3, 0.4) is 0 Å². The molecule has 160 valence electrons. The van der Waals surface area contributed by atoms with Crippen LogP contribution in [0.5, 0.6) is 0 Å². The van der Waals surface area contributed by atoms with Crippen molar-refractivity contribution in [3.63, 3.8) is 0 Å². The van der Waals surface area contributed by atoms with Crippen LogP contribution in [0.4, 0.5) is 0 Å². The van der Waals surface area contributed by atoms with E-state index in [0.29, 0.717) is 18.8 Å². The molecule has 3 aromatic heterocycles. The van der Waals surface area contributed by atoms with E-state index in [-0.39, 0.29) is 0 Å². The number of hydrogen-bond acceptors (Lipinski definition) is 5. The Hall–Kier alpha value is -2.29. The van der Waals surface area contributed by atoms with Gasteiger partial charge in [-0.1, -0.05) is 49.2 Å². The van der Waals surface area contributed by atoms with Gasteiger partial charge in [0.25, 0.3) is 0 Å². The van der Waals surface area contributed by atoms with Crippen LogP contribution in [-0.4, -0.2) is 30.2 Å². The maximum atomic E-state index is 6.48. The Morgan fingerprint density at radius 3 is 2.84 bits per heavy atom. The normalized spacial score (nSPS) is 11.9. The average molecular weight is 518 g/mol. The number of aromatic amines is 1. The molecule has 4 aromatic rings. The molecule has 0 spiro atoms. The van der Waals surface area contributed by atoms with Crippen LogP contribution in [-0.2, 0) is 19.4 Å². The van der Waals surface area contributed by atoms with Crippen molar-refractivity contribution in [3.05, 3.63) is 79.2 Å². The van der Waals surface area contributed by atoms with E-state index in [1.165, 1.54) is 4.88 Å². The van der Waals surface area contributed by atoms with E-state index >= 15 is 0 Å². The standard InChI is InChI=1S/C22H22BrClN6S/c1-2-3-10-20-25-21(23)19(30(20)14-15-7-4-5-9-18(15)24)13-16(22-26-28-29-27-22)12-17-8-6-11-31-17/h4-9,11,13H,2-3,10,12,14H2,1H3,(H,26,27,28,29)/b16-13-. The number of imidazole rings is 1. The minimum Gasteiger partial charge on any atom is -0.323 e. The largest absolute Gasteiger partial charge is 0.323 e. The lowest BCUT2D eigenvalue weighted by molar-refractivity contribution is 0.675. The van der Waals surface area contributed by atoms with Crippen molar-refractivity contribution >= 4 is 50.5 Å². The maximum absolute atomic E-state index is 6.48. The third-order valence-electron chi connectivity index (χ3n) is 4.97. The Bertz CT molecular complexity index is 1150. The van der Waals surface area contributed by atoms with E-state index in [1.807, 2.05) is 24.3 Å². The Kier molecular flexibility index (Phi) is 7.32. The zero-order valence-corrected chi connectivity index (χ0v) is 20.2. The number of unbranched alkanes of at least 4 members (excludes halogenated alkanes) is 1. The Labute approximate surface area is 198 Å². The molecule has 0 amide bonds. The van der Waals surface area contributed by atoms with Gasteiger partial charge >= 0.3 is 0 Å². The Morgan fingerprint density at radius 1 is 1.26 bits per heavy atom. The lowest BCUT2D eigenvalue weighted by Gasteiger charge is -2.13. The number of allylic oxidation sites excluding steroid dienone is 1. The fourth-order valence-corrected chi connectivity index (χ4v) is 4.83. The molecule has 9 heteroatoms. The number of tetrazole rings is 1. The van der Waals surface area contributed by atoms with Gasteiger partial charge in [0, 0.05) is 28.3 Å². The number of rotatable bonds is 9. The van der Waals surface area contributed by atoms with Gasteiger partial charge in [0.2, 0.25) is 5.82 Å². The summed E-state index contributed by atoms with van der Waals surface area (Å²) >= 11 is 11.9. The molecule has 0 atom stereocenters. The van der Waals surface area contributed by atoms with Gasteiger partial charge in [-0.25, -0.2) is 4.98 Å². The first-order valence-electron chi connectivity index (χ1n) is 10.1. The number of halogens is 2. The molecule has 1 N–H and O–H groups in total. The number of thiophene rings is 1. The van der Waals surface area contributed by atoms with E-state index in [1.54, 1.807) is 11.3 Å². The minimum absolute atomic E-state index is 0.584. The number of nitrogens with zero attached hydrogens (tertiary/aromatic N) is 5. The van der Waals surface area contributed by atoms with Crippen LogP contribution in [0.15, 0.2) is 46.4 Å². The summed E-state index contributed by atoms with van der Waals surface area (Å²) in [6.45, 7) is 2.83. The Morgan fingerprint density at radius 2 is 2.13 bits per heavy atom. The molecule has 0 aliphatic heterocycles. The summed E-state index contributed by atoms with van der Waals surface area (Å²) in [5.41, 5.74) is 3.00. The van der Waals surface area contributed by atoms with Crippen molar-refractivity contribution in [2.75, 3.05) is 0 Å². The molecule has 0 saturated carbocycles. The molecule has 0 bridgehead atoms. The first-order valence-corrected chi connectivity index (χ1v) is 12.2. The highest BCUT2D eigenvalue weighted by Gasteiger charge is 2.18. The molecule has 0 unspecified atom stereocenters. The molecular formula is C22H22BrClN6S. The van der Waals surface area contributed by atoms with E-state index in [2.05, 4.69) is 71.6 Å². The summed E-state index contributed by atoms with van der Waals surface area (Å²) in [7, 11) is 0. The molecule has 4 rings (SSSR count). The number of aromatic nitrogens is 6. The van der Waals surface area contributed by atoms with Gasteiger partial charge in [-0.15, -0.1) is 21.5 Å². The quantitative estimate of drug-likeness (QED) is 0.293. The summed E-state index contributed by atoms with van der Waals surface area (Å²) in [5, 5.41) is 17.6. The van der Waals surface area contributed by atoms with Gasteiger partial charge in [0.05, 0.1) is 12.2 Å². The second-order valence-corrected chi connectivity index (χ2v) is 9.34. The molecular weight excluding hydrogens is 496 g/mol. The highest BCUT2D eigenvalue weighted by atomic mass is 79.9. The molecule has 3 heterocycles. The number of hydrogen-bond donors (Lipinski definition) is 1. The lowest BCUT2D eigenvalue weighted by atomic mass is 10.1. The van der Waals surface area contributed by atoms with E-state index in [0.717, 1.165) is 51.5 Å². The predicted molar refractivity (Wildman–Crippen MR) is 129 cm³/mol. The third kappa shape index (κ3) is 5.31. The first kappa shape index (κ1) is 21.9. The van der Waals surface area contributed by atoms with E-state index in [4.69, 9.17) is 16.6 Å². The molecule has 0 aliphatic rings. The van der Waals surface area contributed by atoms with Crippen LogP contribution < -0.4 is 0 Å². The van der Waals surface area contributed by atoms with Gasteiger partial charge in [-0.05, 0) is 56.7 Å². The van der Waals surface area contributed by atoms with Gasteiger partial charge in [0.1, 0.15) is 10.4 Å². The summed E-state index contributed by atoms with van der Waals surface area (Å²) in [6.07, 6.45) is 5.89. The summed E-state index contributed by atoms with van der Waals surface area (Å²) in [4.78, 5) is 6.07. The van der Waals surface area contributed by atoms with Crippen molar-refractivity contribution < 1.29 is 0 Å². The predicted octanol–water partition coefficient (Wildman–Crippen LogP) is 6.05. The highest BCUT2D eigenvalue weighted by Crippen LogP contribution is 2.29. The summed E-state index contributed by atoms with van der Waals surface area (Å²) < 4.78 is 3.04. The monoisotopic (exact) mass is 516 g/mol. The van der Waals surface area contributed by atoms with Gasteiger partial charge in [-0.2, -0.15) is 5.21 Å².